The van der Waals surface area contributed by atoms with Gasteiger partial charge in [0.05, 0.1) is 41.3 Å². The number of ether oxygens (including phenoxy) is 1. The summed E-state index contributed by atoms with van der Waals surface area (Å²) in [7, 11) is 8.84. The van der Waals surface area contributed by atoms with Crippen LogP contribution in [0.2, 0.25) is 0 Å². The van der Waals surface area contributed by atoms with Gasteiger partial charge in [0.15, 0.2) is 12.3 Å². The maximum atomic E-state index is 13.3. The summed E-state index contributed by atoms with van der Waals surface area (Å²) in [4.78, 5) is 25.8. The molecule has 5 nitrogen and oxygen atoms in total. The zero-order chi connectivity index (χ0) is 29.8. The zero-order valence-corrected chi connectivity index (χ0v) is 28.0. The first-order valence-corrected chi connectivity index (χ1v) is 17.1. The van der Waals surface area contributed by atoms with E-state index in [0.29, 0.717) is 42.5 Å². The summed E-state index contributed by atoms with van der Waals surface area (Å²) >= 11 is 0. The Morgan fingerprint density at radius 2 is 1.23 bits per heavy atom. The average molecular weight is 565 g/mol. The van der Waals surface area contributed by atoms with E-state index in [1.54, 1.807) is 0 Å². The summed E-state index contributed by atoms with van der Waals surface area (Å²) < 4.78 is 7.38. The van der Waals surface area contributed by atoms with Crippen molar-refractivity contribution in [1.29, 1.82) is 0 Å². The number of hydrogen-bond acceptors (Lipinski definition) is 3. The molecule has 2 rings (SSSR count). The molecule has 0 aromatic rings. The van der Waals surface area contributed by atoms with Gasteiger partial charge < -0.3 is 13.7 Å². The van der Waals surface area contributed by atoms with E-state index in [1.165, 1.54) is 77.0 Å². The van der Waals surface area contributed by atoms with Crippen LogP contribution in [0, 0.1) is 29.6 Å². The molecule has 0 radical (unpaired) electrons. The number of quaternary nitrogens is 2. The summed E-state index contributed by atoms with van der Waals surface area (Å²) in [6, 6.07) is 0. The van der Waals surface area contributed by atoms with Crippen LogP contribution in [0.3, 0.4) is 0 Å². The molecule has 0 unspecified atom stereocenters. The highest BCUT2D eigenvalue weighted by Crippen LogP contribution is 2.38. The predicted molar refractivity (Wildman–Crippen MR) is 168 cm³/mol. The van der Waals surface area contributed by atoms with Crippen molar-refractivity contribution in [3.05, 3.63) is 0 Å². The van der Waals surface area contributed by atoms with Crippen molar-refractivity contribution in [2.45, 2.75) is 130 Å². The van der Waals surface area contributed by atoms with Gasteiger partial charge in [-0.05, 0) is 81.5 Å². The molecular formula is C35H68N2O3+2. The van der Waals surface area contributed by atoms with E-state index in [0.717, 1.165) is 41.3 Å². The number of unbranched alkanes of at least 4 members (excludes halogenated alkanes) is 7. The van der Waals surface area contributed by atoms with Crippen molar-refractivity contribution in [3.8, 4) is 0 Å². The van der Waals surface area contributed by atoms with Crippen molar-refractivity contribution in [1.82, 2.24) is 0 Å². The van der Waals surface area contributed by atoms with Crippen molar-refractivity contribution in [2.75, 3.05) is 54.4 Å². The number of nitrogens with zero attached hydrogens (tertiary/aromatic N) is 2. The number of carbonyl (C=O) groups excluding carboxylic acids is 2. The predicted octanol–water partition coefficient (Wildman–Crippen LogP) is 7.66. The third kappa shape index (κ3) is 13.8. The standard InChI is InChI=1S/C35H68N2O3/c1-28(2)32-21-20-30(4)25-33(32)34(38)26-36(5,6)22-15-13-11-9-10-12-14-16-23-37(7,8)27-35(39)40-31-19-17-18-29(3)24-31/h28-33H,9-27H2,1-8H3/q+2/t29-,30+,31+,32+,33+/m0/s1. The lowest BCUT2D eigenvalue weighted by Gasteiger charge is -2.38. The molecule has 40 heavy (non-hydrogen) atoms. The molecule has 0 saturated heterocycles. The van der Waals surface area contributed by atoms with Gasteiger partial charge in [0, 0.05) is 5.92 Å². The number of ketones is 1. The second-order valence-electron chi connectivity index (χ2n) is 15.7. The van der Waals surface area contributed by atoms with E-state index in [-0.39, 0.29) is 18.0 Å². The van der Waals surface area contributed by atoms with Gasteiger partial charge in [0.1, 0.15) is 12.6 Å². The highest BCUT2D eigenvalue weighted by atomic mass is 16.5. The highest BCUT2D eigenvalue weighted by Gasteiger charge is 2.37. The van der Waals surface area contributed by atoms with Gasteiger partial charge in [-0.1, -0.05) is 66.2 Å². The van der Waals surface area contributed by atoms with Crippen LogP contribution >= 0.6 is 0 Å². The lowest BCUT2D eigenvalue weighted by Crippen LogP contribution is -2.48. The van der Waals surface area contributed by atoms with E-state index >= 15 is 0 Å². The Morgan fingerprint density at radius 1 is 0.700 bits per heavy atom. The third-order valence-corrected chi connectivity index (χ3v) is 10.0. The largest absolute Gasteiger partial charge is 0.458 e. The van der Waals surface area contributed by atoms with Gasteiger partial charge in [0.25, 0.3) is 0 Å². The quantitative estimate of drug-likeness (QED) is 0.0975. The Labute approximate surface area is 249 Å². The van der Waals surface area contributed by atoms with E-state index in [2.05, 4.69) is 55.9 Å². The fourth-order valence-electron chi connectivity index (χ4n) is 7.47. The molecular weight excluding hydrogens is 496 g/mol. The molecule has 5 heteroatoms. The molecule has 2 aliphatic carbocycles. The molecule has 2 saturated carbocycles. The van der Waals surface area contributed by atoms with Crippen LogP contribution in [-0.2, 0) is 14.3 Å². The van der Waals surface area contributed by atoms with Gasteiger partial charge in [-0.15, -0.1) is 0 Å². The van der Waals surface area contributed by atoms with Crippen LogP contribution in [-0.4, -0.2) is 81.2 Å². The second-order valence-corrected chi connectivity index (χ2v) is 15.7. The van der Waals surface area contributed by atoms with Crippen LogP contribution < -0.4 is 0 Å². The summed E-state index contributed by atoms with van der Waals surface area (Å²) in [5.41, 5.74) is 0. The molecule has 5 atom stereocenters. The summed E-state index contributed by atoms with van der Waals surface area (Å²) in [5, 5.41) is 0. The topological polar surface area (TPSA) is 43.4 Å². The molecule has 0 bridgehead atoms. The van der Waals surface area contributed by atoms with Gasteiger partial charge in [-0.3, -0.25) is 4.79 Å². The van der Waals surface area contributed by atoms with E-state index in [9.17, 15) is 9.59 Å². The van der Waals surface area contributed by atoms with Crippen molar-refractivity contribution in [3.63, 3.8) is 0 Å². The normalized spacial score (nSPS) is 26.2. The molecule has 0 spiro atoms. The minimum absolute atomic E-state index is 0.0152. The van der Waals surface area contributed by atoms with Gasteiger partial charge >= 0.3 is 5.97 Å². The van der Waals surface area contributed by atoms with E-state index in [1.807, 2.05) is 0 Å². The Hall–Kier alpha value is -0.940. The van der Waals surface area contributed by atoms with Crippen LogP contribution in [0.4, 0.5) is 0 Å². The van der Waals surface area contributed by atoms with Gasteiger partial charge in [-0.25, -0.2) is 4.79 Å². The summed E-state index contributed by atoms with van der Waals surface area (Å²) in [5.74, 6) is 3.37. The second kappa shape index (κ2) is 17.2. The molecule has 0 aromatic heterocycles. The van der Waals surface area contributed by atoms with Crippen LogP contribution in [0.25, 0.3) is 0 Å². The summed E-state index contributed by atoms with van der Waals surface area (Å²) in [6.45, 7) is 12.5. The van der Waals surface area contributed by atoms with Crippen LogP contribution in [0.5, 0.6) is 0 Å². The molecule has 2 fully saturated rings. The number of carbonyl (C=O) groups is 2. The molecule has 0 amide bonds. The monoisotopic (exact) mass is 565 g/mol. The highest BCUT2D eigenvalue weighted by molar-refractivity contribution is 5.82. The zero-order valence-electron chi connectivity index (χ0n) is 28.0. The average Bonchev–Trinajstić information content (AvgIpc) is 2.84. The Kier molecular flexibility index (Phi) is 15.2. The molecule has 0 aliphatic heterocycles. The Morgan fingerprint density at radius 3 is 1.77 bits per heavy atom. The third-order valence-electron chi connectivity index (χ3n) is 10.0. The SMILES string of the molecule is CC(C)[C@H]1CC[C@@H](C)C[C@H]1C(=O)C[N+](C)(C)CCCCCCCCCC[N+](C)(C)CC(=O)O[C@@H]1CCC[C@H](C)C1. The van der Waals surface area contributed by atoms with Crippen LogP contribution in [0.15, 0.2) is 0 Å². The number of esters is 1. The van der Waals surface area contributed by atoms with E-state index < -0.39 is 0 Å². The lowest BCUT2D eigenvalue weighted by molar-refractivity contribution is -0.883. The van der Waals surface area contributed by atoms with Gasteiger partial charge in [0.2, 0.25) is 0 Å². The number of Topliss-reactive ketones (excluding diaryl/α,β-unsaturated/α-hetero) is 1. The fraction of sp³-hybridized carbons (Fsp3) is 0.943. The molecule has 0 heterocycles. The molecule has 0 aromatic carbocycles. The molecule has 2 aliphatic rings. The first-order valence-electron chi connectivity index (χ1n) is 17.1. The van der Waals surface area contributed by atoms with Crippen LogP contribution in [0.1, 0.15) is 124 Å². The number of hydrogen-bond donors (Lipinski definition) is 0. The Bertz CT molecular complexity index is 747. The Balaban J connectivity index is 1.51. The molecule has 0 N–H and O–H groups in total. The number of likely N-dealkylation sites (N-methyl/N-ethyl adjacent to an activating group) is 2. The first kappa shape index (κ1) is 35.3. The fourth-order valence-corrected chi connectivity index (χ4v) is 7.47. The smallest absolute Gasteiger partial charge is 0.362 e. The lowest BCUT2D eigenvalue weighted by atomic mass is 9.68. The minimum Gasteiger partial charge on any atom is -0.458 e. The minimum atomic E-state index is -0.0152. The maximum absolute atomic E-state index is 13.3. The molecule has 234 valence electrons. The van der Waals surface area contributed by atoms with Gasteiger partial charge in [-0.2, -0.15) is 0 Å². The maximum Gasteiger partial charge on any atom is 0.362 e. The van der Waals surface area contributed by atoms with Crippen molar-refractivity contribution >= 4 is 11.8 Å². The first-order chi connectivity index (χ1) is 18.8. The number of rotatable bonds is 18. The van der Waals surface area contributed by atoms with Crippen molar-refractivity contribution < 1.29 is 23.3 Å². The summed E-state index contributed by atoms with van der Waals surface area (Å²) in [6.07, 6.45) is 18.4. The van der Waals surface area contributed by atoms with Crippen molar-refractivity contribution in [2.24, 2.45) is 29.6 Å². The van der Waals surface area contributed by atoms with E-state index in [4.69, 9.17) is 4.74 Å².